The molecule has 1 saturated heterocycles. The van der Waals surface area contributed by atoms with E-state index in [4.69, 9.17) is 9.47 Å². The molecule has 1 fully saturated rings. The third-order valence-corrected chi connectivity index (χ3v) is 4.65. The highest BCUT2D eigenvalue weighted by molar-refractivity contribution is 6.16. The number of ketones is 1. The lowest BCUT2D eigenvalue weighted by Gasteiger charge is -2.31. The topological polar surface area (TPSA) is 51.7 Å². The van der Waals surface area contributed by atoms with Gasteiger partial charge in [-0.1, -0.05) is 30.3 Å². The maximum atomic E-state index is 13.2. The van der Waals surface area contributed by atoms with Gasteiger partial charge in [0.15, 0.2) is 5.78 Å². The minimum Gasteiger partial charge on any atom is -0.497 e. The number of ether oxygens (including phenoxy) is 2. The lowest BCUT2D eigenvalue weighted by atomic mass is 9.99. The average Bonchev–Trinajstić information content (AvgIpc) is 2.73. The zero-order chi connectivity index (χ0) is 17.9. The number of rotatable bonds is 4. The quantitative estimate of drug-likeness (QED) is 0.641. The summed E-state index contributed by atoms with van der Waals surface area (Å²) < 4.78 is 10.9. The van der Waals surface area contributed by atoms with Crippen molar-refractivity contribution in [3.63, 3.8) is 0 Å². The van der Waals surface area contributed by atoms with Crippen molar-refractivity contribution in [3.8, 4) is 5.75 Å². The van der Waals surface area contributed by atoms with Gasteiger partial charge in [-0.2, -0.15) is 0 Å². The van der Waals surface area contributed by atoms with Gasteiger partial charge in [-0.3, -0.25) is 9.78 Å². The number of morpholine rings is 1. The molecule has 0 aliphatic carbocycles. The van der Waals surface area contributed by atoms with Crippen LogP contribution >= 0.6 is 12.4 Å². The Labute approximate surface area is 164 Å². The Hall–Kier alpha value is -2.63. The largest absolute Gasteiger partial charge is 0.497 e. The van der Waals surface area contributed by atoms with Gasteiger partial charge in [-0.25, -0.2) is 0 Å². The van der Waals surface area contributed by atoms with Crippen LogP contribution in [0.15, 0.2) is 54.7 Å². The van der Waals surface area contributed by atoms with Crippen LogP contribution in [0.1, 0.15) is 15.9 Å². The third kappa shape index (κ3) is 3.75. The molecule has 140 valence electrons. The number of hydrogen-bond donors (Lipinski definition) is 0. The van der Waals surface area contributed by atoms with Crippen LogP contribution in [-0.2, 0) is 4.74 Å². The van der Waals surface area contributed by atoms with E-state index in [1.165, 1.54) is 0 Å². The van der Waals surface area contributed by atoms with Crippen molar-refractivity contribution in [1.82, 2.24) is 4.98 Å². The maximum absolute atomic E-state index is 13.2. The van der Waals surface area contributed by atoms with Crippen molar-refractivity contribution >= 4 is 34.8 Å². The summed E-state index contributed by atoms with van der Waals surface area (Å²) in [7, 11) is 1.64. The molecule has 1 aromatic heterocycles. The van der Waals surface area contributed by atoms with E-state index in [0.717, 1.165) is 35.4 Å². The fourth-order valence-electron chi connectivity index (χ4n) is 3.32. The highest BCUT2D eigenvalue weighted by Gasteiger charge is 2.23. The van der Waals surface area contributed by atoms with Crippen molar-refractivity contribution in [1.29, 1.82) is 0 Å². The minimum atomic E-state index is -0.0238. The smallest absolute Gasteiger partial charge is 0.196 e. The van der Waals surface area contributed by atoms with Gasteiger partial charge in [-0.15, -0.1) is 12.4 Å². The molecule has 4 rings (SSSR count). The first-order chi connectivity index (χ1) is 12.8. The summed E-state index contributed by atoms with van der Waals surface area (Å²) in [6.45, 7) is 2.77. The molecule has 0 atom stereocenters. The molecule has 5 nitrogen and oxygen atoms in total. The first kappa shape index (κ1) is 19.1. The Bertz CT molecular complexity index is 941. The Morgan fingerprint density at radius 2 is 1.85 bits per heavy atom. The van der Waals surface area contributed by atoms with E-state index >= 15 is 0 Å². The van der Waals surface area contributed by atoms with Crippen molar-refractivity contribution in [2.24, 2.45) is 0 Å². The van der Waals surface area contributed by atoms with Crippen molar-refractivity contribution in [2.75, 3.05) is 38.3 Å². The second-order valence-corrected chi connectivity index (χ2v) is 6.20. The Morgan fingerprint density at radius 1 is 1.11 bits per heavy atom. The summed E-state index contributed by atoms with van der Waals surface area (Å²) >= 11 is 0. The summed E-state index contributed by atoms with van der Waals surface area (Å²) in [5, 5.41) is 0.924. The number of pyridine rings is 1. The van der Waals surface area contributed by atoms with Crippen LogP contribution in [-0.4, -0.2) is 44.2 Å². The van der Waals surface area contributed by atoms with Crippen LogP contribution < -0.4 is 9.64 Å². The molecular weight excluding hydrogens is 364 g/mol. The van der Waals surface area contributed by atoms with Crippen LogP contribution in [0.2, 0.25) is 0 Å². The number of halogens is 1. The van der Waals surface area contributed by atoms with E-state index in [-0.39, 0.29) is 18.2 Å². The normalized spacial score (nSPS) is 13.9. The zero-order valence-corrected chi connectivity index (χ0v) is 15.9. The SMILES string of the molecule is COc1ccc2ncc(C(=O)c3ccccc3)c(N3CCOCC3)c2c1.Cl. The number of aromatic nitrogens is 1. The molecule has 6 heteroatoms. The molecule has 0 radical (unpaired) electrons. The summed E-state index contributed by atoms with van der Waals surface area (Å²) in [6, 6.07) is 15.1. The predicted molar refractivity (Wildman–Crippen MR) is 108 cm³/mol. The van der Waals surface area contributed by atoms with Crippen LogP contribution in [0, 0.1) is 0 Å². The Balaban J connectivity index is 0.00000210. The van der Waals surface area contributed by atoms with Crippen LogP contribution in [0.3, 0.4) is 0 Å². The summed E-state index contributed by atoms with van der Waals surface area (Å²) in [6.07, 6.45) is 1.69. The summed E-state index contributed by atoms with van der Waals surface area (Å²) in [4.78, 5) is 19.9. The number of fused-ring (bicyclic) bond motifs is 1. The predicted octanol–water partition coefficient (Wildman–Crippen LogP) is 3.73. The molecule has 3 aromatic rings. The van der Waals surface area contributed by atoms with Gasteiger partial charge >= 0.3 is 0 Å². The third-order valence-electron chi connectivity index (χ3n) is 4.65. The molecule has 1 aliphatic heterocycles. The number of hydrogen-bond acceptors (Lipinski definition) is 5. The summed E-state index contributed by atoms with van der Waals surface area (Å²) in [5.74, 6) is 0.724. The molecule has 27 heavy (non-hydrogen) atoms. The van der Waals surface area contributed by atoms with Gasteiger partial charge in [-0.05, 0) is 18.2 Å². The Kier molecular flexibility index (Phi) is 5.94. The molecule has 0 saturated carbocycles. The van der Waals surface area contributed by atoms with Gasteiger partial charge in [0.2, 0.25) is 0 Å². The lowest BCUT2D eigenvalue weighted by molar-refractivity contribution is 0.103. The number of carbonyl (C=O) groups excluding carboxylic acids is 1. The monoisotopic (exact) mass is 384 g/mol. The maximum Gasteiger partial charge on any atom is 0.196 e. The molecule has 2 aromatic carbocycles. The van der Waals surface area contributed by atoms with E-state index in [2.05, 4.69) is 9.88 Å². The van der Waals surface area contributed by atoms with Gasteiger partial charge in [0, 0.05) is 30.2 Å². The van der Waals surface area contributed by atoms with Gasteiger partial charge in [0.05, 0.1) is 37.1 Å². The molecule has 0 bridgehead atoms. The highest BCUT2D eigenvalue weighted by atomic mass is 35.5. The number of methoxy groups -OCH3 is 1. The molecule has 0 N–H and O–H groups in total. The van der Waals surface area contributed by atoms with Crippen LogP contribution in [0.4, 0.5) is 5.69 Å². The van der Waals surface area contributed by atoms with Crippen LogP contribution in [0.5, 0.6) is 5.75 Å². The second-order valence-electron chi connectivity index (χ2n) is 6.20. The number of benzene rings is 2. The first-order valence-electron chi connectivity index (χ1n) is 8.67. The highest BCUT2D eigenvalue weighted by Crippen LogP contribution is 2.34. The standard InChI is InChI=1S/C21H20N2O3.ClH/c1-25-16-7-8-19-17(13-16)20(23-9-11-26-12-10-23)18(14-22-19)21(24)15-5-3-2-4-6-15;/h2-8,13-14H,9-12H2,1H3;1H. The molecule has 0 spiro atoms. The molecule has 1 aliphatic rings. The number of carbonyl (C=O) groups is 1. The summed E-state index contributed by atoms with van der Waals surface area (Å²) in [5.41, 5.74) is 3.02. The molecular formula is C21H21ClN2O3. The van der Waals surface area contributed by atoms with Gasteiger partial charge in [0.1, 0.15) is 5.75 Å². The fraction of sp³-hybridized carbons (Fsp3) is 0.238. The van der Waals surface area contributed by atoms with Gasteiger partial charge in [0.25, 0.3) is 0 Å². The average molecular weight is 385 g/mol. The van der Waals surface area contributed by atoms with Crippen LogP contribution in [0.25, 0.3) is 10.9 Å². The minimum absolute atomic E-state index is 0. The second kappa shape index (κ2) is 8.37. The van der Waals surface area contributed by atoms with E-state index in [1.54, 1.807) is 13.3 Å². The fourth-order valence-corrected chi connectivity index (χ4v) is 3.32. The van der Waals surface area contributed by atoms with E-state index < -0.39 is 0 Å². The van der Waals surface area contributed by atoms with Gasteiger partial charge < -0.3 is 14.4 Å². The molecule has 2 heterocycles. The zero-order valence-electron chi connectivity index (χ0n) is 15.1. The Morgan fingerprint density at radius 3 is 2.56 bits per heavy atom. The van der Waals surface area contributed by atoms with Crippen molar-refractivity contribution in [3.05, 3.63) is 65.9 Å². The van der Waals surface area contributed by atoms with Crippen molar-refractivity contribution in [2.45, 2.75) is 0 Å². The van der Waals surface area contributed by atoms with E-state index in [1.807, 2.05) is 48.5 Å². The van der Waals surface area contributed by atoms with E-state index in [0.29, 0.717) is 24.3 Å². The van der Waals surface area contributed by atoms with Crippen molar-refractivity contribution < 1.29 is 14.3 Å². The van der Waals surface area contributed by atoms with E-state index in [9.17, 15) is 4.79 Å². The first-order valence-corrected chi connectivity index (χ1v) is 8.67. The lowest BCUT2D eigenvalue weighted by Crippen LogP contribution is -2.37. The molecule has 0 amide bonds. The number of anilines is 1. The molecule has 0 unspecified atom stereocenters. The number of nitrogens with zero attached hydrogens (tertiary/aromatic N) is 2.